The highest BCUT2D eigenvalue weighted by atomic mass is 16.5. The van der Waals surface area contributed by atoms with Crippen molar-refractivity contribution in [2.45, 2.75) is 6.42 Å². The highest BCUT2D eigenvalue weighted by molar-refractivity contribution is 6.00. The molecule has 1 fully saturated rings. The van der Waals surface area contributed by atoms with Crippen molar-refractivity contribution < 1.29 is 19.1 Å². The number of hydrogen-bond acceptors (Lipinski definition) is 5. The predicted molar refractivity (Wildman–Crippen MR) is 70.6 cm³/mol. The van der Waals surface area contributed by atoms with Gasteiger partial charge in [-0.25, -0.2) is 5.84 Å². The average Bonchev–Trinajstić information content (AvgIpc) is 2.87. The lowest BCUT2D eigenvalue weighted by Gasteiger charge is -2.16. The molecule has 1 aromatic carbocycles. The Hall–Kier alpha value is -2.41. The number of rotatable bonds is 3. The first-order valence-electron chi connectivity index (χ1n) is 6.06. The number of nitrogen functional groups attached to an aromatic ring is 1. The first-order chi connectivity index (χ1) is 9.56. The van der Waals surface area contributed by atoms with Gasteiger partial charge in [0.1, 0.15) is 0 Å². The second-order valence-corrected chi connectivity index (χ2v) is 4.45. The van der Waals surface area contributed by atoms with Gasteiger partial charge in [0.05, 0.1) is 13.0 Å². The van der Waals surface area contributed by atoms with Crippen LogP contribution in [0.4, 0.5) is 5.69 Å². The summed E-state index contributed by atoms with van der Waals surface area (Å²) in [6.45, 7) is 0.286. The van der Waals surface area contributed by atoms with Crippen LogP contribution in [0.25, 0.3) is 0 Å². The van der Waals surface area contributed by atoms with Gasteiger partial charge in [0.2, 0.25) is 5.91 Å². The van der Waals surface area contributed by atoms with Crippen LogP contribution in [0, 0.1) is 5.92 Å². The largest absolute Gasteiger partial charge is 0.469 e. The molecule has 1 aromatic rings. The van der Waals surface area contributed by atoms with E-state index in [0.29, 0.717) is 11.3 Å². The van der Waals surface area contributed by atoms with Crippen LogP contribution in [0.15, 0.2) is 24.3 Å². The topological polar surface area (TPSA) is 102 Å². The second-order valence-electron chi connectivity index (χ2n) is 4.45. The molecule has 0 spiro atoms. The first-order valence-corrected chi connectivity index (χ1v) is 6.06. The maximum atomic E-state index is 11.9. The molecule has 0 aliphatic carbocycles. The van der Waals surface area contributed by atoms with E-state index in [-0.39, 0.29) is 24.8 Å². The first kappa shape index (κ1) is 14.0. The fourth-order valence-corrected chi connectivity index (χ4v) is 2.16. The Balaban J connectivity index is 2.14. The lowest BCUT2D eigenvalue weighted by molar-refractivity contribution is -0.145. The molecule has 1 saturated heterocycles. The summed E-state index contributed by atoms with van der Waals surface area (Å²) >= 11 is 0. The second kappa shape index (κ2) is 5.70. The van der Waals surface area contributed by atoms with E-state index < -0.39 is 11.8 Å². The maximum absolute atomic E-state index is 11.9. The normalized spacial score (nSPS) is 18.0. The molecule has 1 aliphatic heterocycles. The zero-order valence-electron chi connectivity index (χ0n) is 11.0. The van der Waals surface area contributed by atoms with Crippen molar-refractivity contribution in [1.82, 2.24) is 5.43 Å². The SMILES string of the molecule is COC(=O)C1CC(=O)N(c2ccc(C(=O)NN)cc2)C1. The molecule has 2 rings (SSSR count). The summed E-state index contributed by atoms with van der Waals surface area (Å²) in [6.07, 6.45) is 0.137. The minimum atomic E-state index is -0.445. The number of methoxy groups -OCH3 is 1. The average molecular weight is 277 g/mol. The lowest BCUT2D eigenvalue weighted by atomic mass is 10.1. The number of nitrogens with one attached hydrogen (secondary N) is 1. The Morgan fingerprint density at radius 2 is 2.00 bits per heavy atom. The van der Waals surface area contributed by atoms with Crippen LogP contribution >= 0.6 is 0 Å². The van der Waals surface area contributed by atoms with Gasteiger partial charge >= 0.3 is 5.97 Å². The molecule has 1 unspecified atom stereocenters. The number of nitrogens with zero attached hydrogens (tertiary/aromatic N) is 1. The van der Waals surface area contributed by atoms with Crippen molar-refractivity contribution in [3.63, 3.8) is 0 Å². The Morgan fingerprint density at radius 1 is 1.35 bits per heavy atom. The van der Waals surface area contributed by atoms with Gasteiger partial charge in [0.25, 0.3) is 5.91 Å². The Kier molecular flexibility index (Phi) is 3.99. The van der Waals surface area contributed by atoms with Crippen molar-refractivity contribution >= 4 is 23.5 Å². The molecule has 1 atom stereocenters. The van der Waals surface area contributed by atoms with Gasteiger partial charge in [-0.15, -0.1) is 0 Å². The highest BCUT2D eigenvalue weighted by Gasteiger charge is 2.35. The lowest BCUT2D eigenvalue weighted by Crippen LogP contribution is -2.30. The van der Waals surface area contributed by atoms with Crippen LogP contribution in [0.2, 0.25) is 0 Å². The summed E-state index contributed by atoms with van der Waals surface area (Å²) in [5.74, 6) is 3.66. The number of esters is 1. The number of nitrogens with two attached hydrogens (primary N) is 1. The van der Waals surface area contributed by atoms with Crippen LogP contribution in [-0.4, -0.2) is 31.4 Å². The number of ether oxygens (including phenoxy) is 1. The molecule has 1 aliphatic rings. The Labute approximate surface area is 115 Å². The van der Waals surface area contributed by atoms with E-state index in [1.54, 1.807) is 24.3 Å². The fraction of sp³-hybridized carbons (Fsp3) is 0.308. The van der Waals surface area contributed by atoms with Crippen molar-refractivity contribution in [1.29, 1.82) is 0 Å². The maximum Gasteiger partial charge on any atom is 0.311 e. The van der Waals surface area contributed by atoms with E-state index in [9.17, 15) is 14.4 Å². The van der Waals surface area contributed by atoms with E-state index in [2.05, 4.69) is 4.74 Å². The van der Waals surface area contributed by atoms with Crippen LogP contribution in [0.1, 0.15) is 16.8 Å². The zero-order valence-corrected chi connectivity index (χ0v) is 11.0. The highest BCUT2D eigenvalue weighted by Crippen LogP contribution is 2.26. The van der Waals surface area contributed by atoms with Crippen molar-refractivity contribution in [3.8, 4) is 0 Å². The third kappa shape index (κ3) is 2.62. The minimum Gasteiger partial charge on any atom is -0.469 e. The third-order valence-electron chi connectivity index (χ3n) is 3.23. The summed E-state index contributed by atoms with van der Waals surface area (Å²) in [5.41, 5.74) is 3.06. The molecular weight excluding hydrogens is 262 g/mol. The van der Waals surface area contributed by atoms with Gasteiger partial charge in [-0.2, -0.15) is 0 Å². The van der Waals surface area contributed by atoms with Gasteiger partial charge in [-0.3, -0.25) is 19.8 Å². The quantitative estimate of drug-likeness (QED) is 0.345. The number of amides is 2. The Morgan fingerprint density at radius 3 is 2.55 bits per heavy atom. The van der Waals surface area contributed by atoms with Gasteiger partial charge < -0.3 is 9.64 Å². The van der Waals surface area contributed by atoms with E-state index in [1.807, 2.05) is 5.43 Å². The van der Waals surface area contributed by atoms with Crippen LogP contribution < -0.4 is 16.2 Å². The Bertz CT molecular complexity index is 541. The standard InChI is InChI=1S/C13H15N3O4/c1-20-13(19)9-6-11(17)16(7-9)10-4-2-8(3-5-10)12(18)15-14/h2-5,9H,6-7,14H2,1H3,(H,15,18). The molecule has 2 amide bonds. The zero-order chi connectivity index (χ0) is 14.7. The summed E-state index contributed by atoms with van der Waals surface area (Å²) in [7, 11) is 1.30. The molecule has 0 radical (unpaired) electrons. The smallest absolute Gasteiger partial charge is 0.311 e. The number of benzene rings is 1. The molecule has 7 heteroatoms. The molecule has 106 valence electrons. The summed E-state index contributed by atoms with van der Waals surface area (Å²) in [5, 5.41) is 0. The van der Waals surface area contributed by atoms with Crippen molar-refractivity contribution in [2.24, 2.45) is 11.8 Å². The fourth-order valence-electron chi connectivity index (χ4n) is 2.16. The van der Waals surface area contributed by atoms with Gasteiger partial charge in [0, 0.05) is 24.2 Å². The van der Waals surface area contributed by atoms with E-state index >= 15 is 0 Å². The molecule has 1 heterocycles. The molecule has 20 heavy (non-hydrogen) atoms. The molecule has 0 aromatic heterocycles. The number of carbonyl (C=O) groups is 3. The van der Waals surface area contributed by atoms with E-state index in [1.165, 1.54) is 12.0 Å². The third-order valence-corrected chi connectivity index (χ3v) is 3.23. The van der Waals surface area contributed by atoms with Gasteiger partial charge in [-0.05, 0) is 24.3 Å². The molecule has 7 nitrogen and oxygen atoms in total. The van der Waals surface area contributed by atoms with Gasteiger partial charge in [0.15, 0.2) is 0 Å². The molecule has 0 saturated carbocycles. The van der Waals surface area contributed by atoms with Crippen LogP contribution in [-0.2, 0) is 14.3 Å². The number of carbonyl (C=O) groups excluding carboxylic acids is 3. The van der Waals surface area contributed by atoms with Crippen LogP contribution in [0.5, 0.6) is 0 Å². The molecule has 3 N–H and O–H groups in total. The number of anilines is 1. The molecule has 0 bridgehead atoms. The van der Waals surface area contributed by atoms with Crippen molar-refractivity contribution in [3.05, 3.63) is 29.8 Å². The van der Waals surface area contributed by atoms with Gasteiger partial charge in [-0.1, -0.05) is 0 Å². The van der Waals surface area contributed by atoms with E-state index in [4.69, 9.17) is 5.84 Å². The summed E-state index contributed by atoms with van der Waals surface area (Å²) in [6, 6.07) is 6.41. The van der Waals surface area contributed by atoms with Crippen LogP contribution in [0.3, 0.4) is 0 Å². The minimum absolute atomic E-state index is 0.137. The van der Waals surface area contributed by atoms with E-state index in [0.717, 1.165) is 0 Å². The number of hydrogen-bond donors (Lipinski definition) is 2. The number of hydrazine groups is 1. The predicted octanol–water partition coefficient (Wildman–Crippen LogP) is -0.184. The van der Waals surface area contributed by atoms with Crippen molar-refractivity contribution in [2.75, 3.05) is 18.6 Å². The summed E-state index contributed by atoms with van der Waals surface area (Å²) in [4.78, 5) is 36.2. The summed E-state index contributed by atoms with van der Waals surface area (Å²) < 4.78 is 4.65. The monoisotopic (exact) mass is 277 g/mol. The molecular formula is C13H15N3O4.